The van der Waals surface area contributed by atoms with Crippen molar-refractivity contribution in [2.24, 2.45) is 0 Å². The molecule has 3 rings (SSSR count). The molecule has 0 spiro atoms. The first-order valence-corrected chi connectivity index (χ1v) is 7.79. The Kier molecular flexibility index (Phi) is 3.23. The van der Waals surface area contributed by atoms with E-state index in [0.29, 0.717) is 0 Å². The monoisotopic (exact) mass is 329 g/mol. The van der Waals surface area contributed by atoms with E-state index in [2.05, 4.69) is 20.8 Å². The van der Waals surface area contributed by atoms with Crippen LogP contribution in [-0.4, -0.2) is 13.1 Å². The van der Waals surface area contributed by atoms with E-state index in [9.17, 15) is 0 Å². The van der Waals surface area contributed by atoms with E-state index in [-0.39, 0.29) is 0 Å². The third kappa shape index (κ3) is 2.16. The zero-order valence-electron chi connectivity index (χ0n) is 9.24. The fourth-order valence-corrected chi connectivity index (χ4v) is 3.96. The van der Waals surface area contributed by atoms with Crippen LogP contribution in [0.4, 0.5) is 5.88 Å². The molecule has 2 aromatic heterocycles. The van der Waals surface area contributed by atoms with Gasteiger partial charge in [-0.05, 0) is 35.2 Å². The first-order chi connectivity index (χ1) is 8.25. The lowest BCUT2D eigenvalue weighted by molar-refractivity contribution is 0.513. The van der Waals surface area contributed by atoms with E-state index >= 15 is 0 Å². The van der Waals surface area contributed by atoms with Crippen molar-refractivity contribution in [3.05, 3.63) is 20.4 Å². The minimum atomic E-state index is 0.891. The molecule has 0 aliphatic carbocycles. The molecular formula is C12H12BrNOS2. The smallest absolute Gasteiger partial charge is 0.197 e. The van der Waals surface area contributed by atoms with Crippen LogP contribution < -0.4 is 4.90 Å². The minimum absolute atomic E-state index is 0.891. The van der Waals surface area contributed by atoms with Crippen molar-refractivity contribution in [1.29, 1.82) is 0 Å². The van der Waals surface area contributed by atoms with Crippen LogP contribution in [0.1, 0.15) is 19.3 Å². The third-order valence-electron chi connectivity index (χ3n) is 3.06. The van der Waals surface area contributed by atoms with Gasteiger partial charge >= 0.3 is 0 Å². The number of rotatable bonds is 1. The molecule has 2 aromatic rings. The first kappa shape index (κ1) is 11.7. The lowest BCUT2D eigenvalue weighted by Gasteiger charge is -2.27. The largest absolute Gasteiger partial charge is 0.438 e. The Morgan fingerprint density at radius 2 is 2.06 bits per heavy atom. The summed E-state index contributed by atoms with van der Waals surface area (Å²) < 4.78 is 8.93. The maximum absolute atomic E-state index is 5.98. The summed E-state index contributed by atoms with van der Waals surface area (Å²) in [7, 11) is 0. The quantitative estimate of drug-likeness (QED) is 0.687. The average Bonchev–Trinajstić information content (AvgIpc) is 2.73. The lowest BCUT2D eigenvalue weighted by atomic mass is 10.1. The molecule has 0 atom stereocenters. The summed E-state index contributed by atoms with van der Waals surface area (Å²) in [4.78, 5) is 2.29. The van der Waals surface area contributed by atoms with Crippen molar-refractivity contribution < 1.29 is 4.42 Å². The van der Waals surface area contributed by atoms with Crippen molar-refractivity contribution in [2.75, 3.05) is 18.0 Å². The Labute approximate surface area is 117 Å². The fourth-order valence-electron chi connectivity index (χ4n) is 2.17. The fraction of sp³-hybridized carbons (Fsp3) is 0.417. The minimum Gasteiger partial charge on any atom is -0.438 e. The summed E-state index contributed by atoms with van der Waals surface area (Å²) in [5, 5.41) is 2.03. The lowest BCUT2D eigenvalue weighted by Crippen LogP contribution is -2.29. The Balaban J connectivity index is 2.10. The summed E-state index contributed by atoms with van der Waals surface area (Å²) in [6, 6.07) is 1.99. The standard InChI is InChI=1S/C12H12BrNOS2/c13-8-7-17-12-9(16)6-10(15-11(8)12)14-4-2-1-3-5-14/h6-7H,1-5H2. The topological polar surface area (TPSA) is 16.4 Å². The summed E-state index contributed by atoms with van der Waals surface area (Å²) in [5.74, 6) is 0.918. The van der Waals surface area contributed by atoms with Crippen LogP contribution >= 0.6 is 39.5 Å². The van der Waals surface area contributed by atoms with Crippen molar-refractivity contribution >= 4 is 55.7 Å². The van der Waals surface area contributed by atoms with Crippen molar-refractivity contribution in [1.82, 2.24) is 0 Å². The summed E-state index contributed by atoms with van der Waals surface area (Å²) in [6.07, 6.45) is 3.80. The van der Waals surface area contributed by atoms with Gasteiger partial charge in [-0.2, -0.15) is 0 Å². The Hall–Kier alpha value is -0.390. The highest BCUT2D eigenvalue weighted by Gasteiger charge is 2.15. The molecule has 5 heteroatoms. The Bertz CT molecular complexity index is 598. The van der Waals surface area contributed by atoms with Crippen LogP contribution in [0.25, 0.3) is 10.3 Å². The normalized spacial score (nSPS) is 16.6. The molecule has 2 nitrogen and oxygen atoms in total. The Morgan fingerprint density at radius 1 is 1.29 bits per heavy atom. The maximum atomic E-state index is 5.98. The van der Waals surface area contributed by atoms with Gasteiger partial charge in [0.05, 0.1) is 13.7 Å². The highest BCUT2D eigenvalue weighted by atomic mass is 79.9. The Morgan fingerprint density at radius 3 is 2.82 bits per heavy atom. The van der Waals surface area contributed by atoms with Crippen LogP contribution in [0.15, 0.2) is 20.3 Å². The second-order valence-corrected chi connectivity index (χ2v) is 6.41. The molecule has 0 amide bonds. The number of hydrogen-bond donors (Lipinski definition) is 0. The molecule has 1 fully saturated rings. The van der Waals surface area contributed by atoms with Crippen LogP contribution in [-0.2, 0) is 0 Å². The predicted molar refractivity (Wildman–Crippen MR) is 78.7 cm³/mol. The molecule has 0 bridgehead atoms. The second kappa shape index (κ2) is 4.71. The predicted octanol–water partition coefficient (Wildman–Crippen LogP) is 4.98. The van der Waals surface area contributed by atoms with Gasteiger partial charge in [-0.25, -0.2) is 0 Å². The number of nitrogens with zero attached hydrogens (tertiary/aromatic N) is 1. The zero-order chi connectivity index (χ0) is 11.8. The van der Waals surface area contributed by atoms with E-state index in [1.807, 2.05) is 11.4 Å². The maximum Gasteiger partial charge on any atom is 0.197 e. The van der Waals surface area contributed by atoms with Gasteiger partial charge in [0.1, 0.15) is 0 Å². The van der Waals surface area contributed by atoms with Gasteiger partial charge in [0, 0.05) is 24.5 Å². The molecule has 0 N–H and O–H groups in total. The summed E-state index contributed by atoms with van der Waals surface area (Å²) in [5.41, 5.74) is 0.892. The summed E-state index contributed by atoms with van der Waals surface area (Å²) >= 11 is 10.6. The van der Waals surface area contributed by atoms with E-state index in [1.54, 1.807) is 11.3 Å². The second-order valence-electron chi connectivity index (χ2n) is 4.24. The van der Waals surface area contributed by atoms with Gasteiger partial charge in [-0.3, -0.25) is 0 Å². The molecule has 3 heterocycles. The number of hydrogen-bond acceptors (Lipinski definition) is 4. The number of fused-ring (bicyclic) bond motifs is 1. The number of thiophene rings is 1. The molecule has 0 unspecified atom stereocenters. The highest BCUT2D eigenvalue weighted by Crippen LogP contribution is 2.35. The van der Waals surface area contributed by atoms with Crippen molar-refractivity contribution in [3.63, 3.8) is 0 Å². The number of halogens is 1. The van der Waals surface area contributed by atoms with Crippen LogP contribution in [0, 0.1) is 4.51 Å². The first-order valence-electron chi connectivity index (χ1n) is 5.71. The molecular weight excluding hydrogens is 318 g/mol. The number of anilines is 1. The molecule has 0 aromatic carbocycles. The van der Waals surface area contributed by atoms with Gasteiger partial charge in [-0.15, -0.1) is 11.3 Å². The van der Waals surface area contributed by atoms with Gasteiger partial charge in [0.25, 0.3) is 0 Å². The van der Waals surface area contributed by atoms with E-state index in [0.717, 1.165) is 38.2 Å². The van der Waals surface area contributed by atoms with Crippen molar-refractivity contribution in [3.8, 4) is 0 Å². The highest BCUT2D eigenvalue weighted by molar-refractivity contribution is 9.10. The van der Waals surface area contributed by atoms with E-state index < -0.39 is 0 Å². The van der Waals surface area contributed by atoms with Gasteiger partial charge < -0.3 is 9.32 Å². The van der Waals surface area contributed by atoms with E-state index in [4.69, 9.17) is 16.6 Å². The molecule has 17 heavy (non-hydrogen) atoms. The molecule has 0 radical (unpaired) electrons. The van der Waals surface area contributed by atoms with Crippen LogP contribution in [0.2, 0.25) is 0 Å². The number of piperidine rings is 1. The molecule has 1 aliphatic heterocycles. The molecule has 1 aliphatic rings. The van der Waals surface area contributed by atoms with Gasteiger partial charge in [0.15, 0.2) is 11.5 Å². The van der Waals surface area contributed by atoms with Crippen molar-refractivity contribution in [2.45, 2.75) is 19.3 Å². The van der Waals surface area contributed by atoms with Gasteiger partial charge in [-0.1, -0.05) is 12.2 Å². The average molecular weight is 330 g/mol. The van der Waals surface area contributed by atoms with Crippen LogP contribution in [0.5, 0.6) is 0 Å². The third-order valence-corrected chi connectivity index (χ3v) is 5.39. The van der Waals surface area contributed by atoms with E-state index in [1.165, 1.54) is 19.3 Å². The van der Waals surface area contributed by atoms with Gasteiger partial charge in [0.2, 0.25) is 0 Å². The SMILES string of the molecule is S=c1cc(N2CCCCC2)oc2c(Br)csc12. The van der Waals surface area contributed by atoms with Crippen LogP contribution in [0.3, 0.4) is 0 Å². The summed E-state index contributed by atoms with van der Waals surface area (Å²) in [6.45, 7) is 2.15. The zero-order valence-corrected chi connectivity index (χ0v) is 12.5. The molecule has 0 saturated carbocycles. The molecule has 90 valence electrons. The molecule has 1 saturated heterocycles.